The number of methoxy groups -OCH3 is 1. The molecule has 0 saturated carbocycles. The van der Waals surface area contributed by atoms with Crippen molar-refractivity contribution in [3.8, 4) is 5.75 Å². The van der Waals surface area contributed by atoms with Gasteiger partial charge in [-0.3, -0.25) is 9.78 Å². The van der Waals surface area contributed by atoms with Gasteiger partial charge in [0.15, 0.2) is 0 Å². The Hall–Kier alpha value is -1.29. The lowest BCUT2D eigenvalue weighted by Gasteiger charge is -2.17. The Bertz CT molecular complexity index is 393. The van der Waals surface area contributed by atoms with Crippen molar-refractivity contribution in [2.45, 2.75) is 19.8 Å². The second-order valence-electron chi connectivity index (χ2n) is 3.80. The molecule has 0 spiro atoms. The van der Waals surface area contributed by atoms with Crippen molar-refractivity contribution in [1.29, 1.82) is 0 Å². The number of carbonyl (C=O) groups is 1. The highest BCUT2D eigenvalue weighted by atomic mass is 35.5. The van der Waals surface area contributed by atoms with Crippen LogP contribution < -0.4 is 4.74 Å². The first kappa shape index (κ1) is 12.8. The third-order valence-corrected chi connectivity index (χ3v) is 2.61. The predicted molar refractivity (Wildman–Crippen MR) is 61.0 cm³/mol. The van der Waals surface area contributed by atoms with Crippen molar-refractivity contribution < 1.29 is 14.6 Å². The zero-order chi connectivity index (χ0) is 12.3. The van der Waals surface area contributed by atoms with Crippen molar-refractivity contribution in [3.05, 3.63) is 23.0 Å². The lowest BCUT2D eigenvalue weighted by molar-refractivity contribution is -0.140. The number of pyridine rings is 1. The van der Waals surface area contributed by atoms with Gasteiger partial charge >= 0.3 is 5.97 Å². The van der Waals surface area contributed by atoms with Crippen LogP contribution in [0, 0.1) is 5.92 Å². The molecule has 0 aliphatic rings. The standard InChI is InChI=1S/C11H14ClNO3/c1-6(2)9(11(14)15)10-8(12)4-7(16-3)5-13-10/h4-6,9H,1-3H3,(H,14,15). The SMILES string of the molecule is COc1cnc(C(C(=O)O)C(C)C)c(Cl)c1. The number of carboxylic acid groups (broad SMARTS) is 1. The second kappa shape index (κ2) is 5.16. The van der Waals surface area contributed by atoms with E-state index in [4.69, 9.17) is 21.4 Å². The summed E-state index contributed by atoms with van der Waals surface area (Å²) in [6.07, 6.45) is 1.47. The molecule has 0 saturated heterocycles. The van der Waals surface area contributed by atoms with Crippen molar-refractivity contribution in [1.82, 2.24) is 4.98 Å². The fourth-order valence-corrected chi connectivity index (χ4v) is 1.76. The molecular weight excluding hydrogens is 230 g/mol. The first-order valence-electron chi connectivity index (χ1n) is 4.89. The highest BCUT2D eigenvalue weighted by molar-refractivity contribution is 6.31. The van der Waals surface area contributed by atoms with Gasteiger partial charge in [0.05, 0.1) is 24.0 Å². The van der Waals surface area contributed by atoms with Gasteiger partial charge in [0.1, 0.15) is 11.7 Å². The summed E-state index contributed by atoms with van der Waals surface area (Å²) in [5.41, 5.74) is 0.380. The minimum Gasteiger partial charge on any atom is -0.495 e. The van der Waals surface area contributed by atoms with Gasteiger partial charge < -0.3 is 9.84 Å². The van der Waals surface area contributed by atoms with E-state index >= 15 is 0 Å². The van der Waals surface area contributed by atoms with E-state index in [1.165, 1.54) is 13.3 Å². The molecule has 0 aromatic carbocycles. The average Bonchev–Trinajstić information content (AvgIpc) is 2.19. The molecule has 0 bridgehead atoms. The first-order chi connectivity index (χ1) is 7.47. The minimum absolute atomic E-state index is 0.0732. The van der Waals surface area contributed by atoms with Crippen LogP contribution >= 0.6 is 11.6 Å². The first-order valence-corrected chi connectivity index (χ1v) is 5.27. The van der Waals surface area contributed by atoms with Gasteiger partial charge in [0.2, 0.25) is 0 Å². The molecule has 1 atom stereocenters. The summed E-state index contributed by atoms with van der Waals surface area (Å²) in [6.45, 7) is 3.64. The Balaban J connectivity index is 3.15. The van der Waals surface area contributed by atoms with Gasteiger partial charge in [-0.25, -0.2) is 0 Å². The maximum Gasteiger partial charge on any atom is 0.312 e. The lowest BCUT2D eigenvalue weighted by atomic mass is 9.92. The summed E-state index contributed by atoms with van der Waals surface area (Å²) in [5.74, 6) is -1.18. The fourth-order valence-electron chi connectivity index (χ4n) is 1.49. The van der Waals surface area contributed by atoms with Crippen molar-refractivity contribution in [2.75, 3.05) is 7.11 Å². The maximum atomic E-state index is 11.1. The van der Waals surface area contributed by atoms with E-state index < -0.39 is 11.9 Å². The molecule has 1 unspecified atom stereocenters. The van der Waals surface area contributed by atoms with Crippen LogP contribution in [0.2, 0.25) is 5.02 Å². The van der Waals surface area contributed by atoms with E-state index in [1.54, 1.807) is 6.07 Å². The Morgan fingerprint density at radius 3 is 2.56 bits per heavy atom. The van der Waals surface area contributed by atoms with Crippen LogP contribution in [0.15, 0.2) is 12.3 Å². The topological polar surface area (TPSA) is 59.4 Å². The number of aromatic nitrogens is 1. The van der Waals surface area contributed by atoms with Crippen molar-refractivity contribution in [3.63, 3.8) is 0 Å². The smallest absolute Gasteiger partial charge is 0.312 e. The van der Waals surface area contributed by atoms with Gasteiger partial charge in [0, 0.05) is 6.07 Å². The molecule has 0 aliphatic heterocycles. The Morgan fingerprint density at radius 1 is 1.56 bits per heavy atom. The molecule has 0 amide bonds. The largest absolute Gasteiger partial charge is 0.495 e. The van der Waals surface area contributed by atoms with E-state index in [9.17, 15) is 4.79 Å². The molecule has 0 radical (unpaired) electrons. The van der Waals surface area contributed by atoms with Crippen LogP contribution in [0.4, 0.5) is 0 Å². The molecule has 1 N–H and O–H groups in total. The number of halogens is 1. The Labute approximate surface area is 99.2 Å². The fraction of sp³-hybridized carbons (Fsp3) is 0.455. The molecular formula is C11H14ClNO3. The summed E-state index contributed by atoms with van der Waals surface area (Å²) >= 11 is 5.99. The number of rotatable bonds is 4. The third-order valence-electron chi connectivity index (χ3n) is 2.31. The van der Waals surface area contributed by atoms with Gasteiger partial charge in [-0.1, -0.05) is 25.4 Å². The van der Waals surface area contributed by atoms with Gasteiger partial charge in [-0.15, -0.1) is 0 Å². The van der Waals surface area contributed by atoms with Crippen LogP contribution in [0.3, 0.4) is 0 Å². The molecule has 1 aromatic heterocycles. The molecule has 1 heterocycles. The van der Waals surface area contributed by atoms with E-state index in [0.29, 0.717) is 16.5 Å². The second-order valence-corrected chi connectivity index (χ2v) is 4.21. The number of hydrogen-bond donors (Lipinski definition) is 1. The van der Waals surface area contributed by atoms with Crippen molar-refractivity contribution in [2.24, 2.45) is 5.92 Å². The highest BCUT2D eigenvalue weighted by Gasteiger charge is 2.27. The molecule has 0 fully saturated rings. The molecule has 1 rings (SSSR count). The van der Waals surface area contributed by atoms with Crippen LogP contribution in [-0.2, 0) is 4.79 Å². The quantitative estimate of drug-likeness (QED) is 0.883. The zero-order valence-corrected chi connectivity index (χ0v) is 10.2. The highest BCUT2D eigenvalue weighted by Crippen LogP contribution is 2.30. The van der Waals surface area contributed by atoms with Gasteiger partial charge in [-0.05, 0) is 5.92 Å². The number of aliphatic carboxylic acids is 1. The zero-order valence-electron chi connectivity index (χ0n) is 9.40. The van der Waals surface area contributed by atoms with E-state index in [0.717, 1.165) is 0 Å². The summed E-state index contributed by atoms with van der Waals surface area (Å²) in [6, 6.07) is 1.57. The molecule has 0 aliphatic carbocycles. The van der Waals surface area contributed by atoms with Crippen LogP contribution in [0.1, 0.15) is 25.5 Å². The number of carboxylic acids is 1. The monoisotopic (exact) mass is 243 g/mol. The molecule has 16 heavy (non-hydrogen) atoms. The van der Waals surface area contributed by atoms with Gasteiger partial charge in [-0.2, -0.15) is 0 Å². The number of ether oxygens (including phenoxy) is 1. The van der Waals surface area contributed by atoms with Crippen LogP contribution in [0.5, 0.6) is 5.75 Å². The molecule has 1 aromatic rings. The predicted octanol–water partition coefficient (Wildman–Crippen LogP) is 2.57. The van der Waals surface area contributed by atoms with Crippen LogP contribution in [0.25, 0.3) is 0 Å². The average molecular weight is 244 g/mol. The molecule has 4 nitrogen and oxygen atoms in total. The summed E-state index contributed by atoms with van der Waals surface area (Å²) in [7, 11) is 1.50. The Kier molecular flexibility index (Phi) is 4.12. The summed E-state index contributed by atoms with van der Waals surface area (Å²) < 4.78 is 4.96. The maximum absolute atomic E-state index is 11.1. The van der Waals surface area contributed by atoms with E-state index in [1.807, 2.05) is 13.8 Å². The molecule has 5 heteroatoms. The number of hydrogen-bond acceptors (Lipinski definition) is 3. The minimum atomic E-state index is -0.922. The summed E-state index contributed by atoms with van der Waals surface area (Å²) in [4.78, 5) is 15.2. The Morgan fingerprint density at radius 2 is 2.19 bits per heavy atom. The third kappa shape index (κ3) is 2.64. The normalized spacial score (nSPS) is 12.6. The number of nitrogens with zero attached hydrogens (tertiary/aromatic N) is 1. The van der Waals surface area contributed by atoms with Crippen LogP contribution in [-0.4, -0.2) is 23.2 Å². The van der Waals surface area contributed by atoms with E-state index in [-0.39, 0.29) is 5.92 Å². The summed E-state index contributed by atoms with van der Waals surface area (Å²) in [5, 5.41) is 9.44. The molecule has 88 valence electrons. The van der Waals surface area contributed by atoms with Gasteiger partial charge in [0.25, 0.3) is 0 Å². The van der Waals surface area contributed by atoms with E-state index in [2.05, 4.69) is 4.98 Å². The van der Waals surface area contributed by atoms with Crippen molar-refractivity contribution >= 4 is 17.6 Å². The lowest BCUT2D eigenvalue weighted by Crippen LogP contribution is -2.19.